The molecule has 1 saturated carbocycles. The Morgan fingerprint density at radius 3 is 2.79 bits per heavy atom. The zero-order valence-corrected chi connectivity index (χ0v) is 9.26. The standard InChI is InChI=1S/C12H23NO/c1-3-10(2)8-13-9-11-6-4-5-7-12(11)14/h11-14H,2-9H2,1H3. The molecule has 0 bridgehead atoms. The Bertz CT molecular complexity index is 179. The normalized spacial score (nSPS) is 27.6. The molecule has 2 atom stereocenters. The number of rotatable bonds is 5. The largest absolute Gasteiger partial charge is 0.393 e. The average Bonchev–Trinajstić information content (AvgIpc) is 2.20. The van der Waals surface area contributed by atoms with Crippen LogP contribution in [0.15, 0.2) is 12.2 Å². The Balaban J connectivity index is 2.13. The minimum atomic E-state index is -0.0776. The van der Waals surface area contributed by atoms with Gasteiger partial charge >= 0.3 is 0 Å². The summed E-state index contributed by atoms with van der Waals surface area (Å²) in [4.78, 5) is 0. The molecule has 0 heterocycles. The van der Waals surface area contributed by atoms with Gasteiger partial charge in [0.15, 0.2) is 0 Å². The third kappa shape index (κ3) is 3.81. The first-order chi connectivity index (χ1) is 6.74. The van der Waals surface area contributed by atoms with E-state index in [-0.39, 0.29) is 6.10 Å². The molecule has 0 aromatic carbocycles. The van der Waals surface area contributed by atoms with E-state index in [2.05, 4.69) is 18.8 Å². The van der Waals surface area contributed by atoms with Crippen LogP contribution in [0.25, 0.3) is 0 Å². The summed E-state index contributed by atoms with van der Waals surface area (Å²) in [5.74, 6) is 0.466. The molecule has 0 saturated heterocycles. The van der Waals surface area contributed by atoms with Gasteiger partial charge < -0.3 is 10.4 Å². The topological polar surface area (TPSA) is 32.3 Å². The van der Waals surface area contributed by atoms with E-state index >= 15 is 0 Å². The van der Waals surface area contributed by atoms with Gasteiger partial charge in [-0.25, -0.2) is 0 Å². The van der Waals surface area contributed by atoms with Crippen molar-refractivity contribution in [3.05, 3.63) is 12.2 Å². The Labute approximate surface area is 87.4 Å². The van der Waals surface area contributed by atoms with Gasteiger partial charge in [-0.1, -0.05) is 31.9 Å². The van der Waals surface area contributed by atoms with Crippen LogP contribution < -0.4 is 5.32 Å². The van der Waals surface area contributed by atoms with Crippen molar-refractivity contribution in [2.75, 3.05) is 13.1 Å². The molecule has 14 heavy (non-hydrogen) atoms. The van der Waals surface area contributed by atoms with Crippen molar-refractivity contribution in [3.63, 3.8) is 0 Å². The lowest BCUT2D eigenvalue weighted by Crippen LogP contribution is -2.34. The summed E-state index contributed by atoms with van der Waals surface area (Å²) < 4.78 is 0. The van der Waals surface area contributed by atoms with Crippen LogP contribution in [0, 0.1) is 5.92 Å². The molecular formula is C12H23NO. The lowest BCUT2D eigenvalue weighted by Gasteiger charge is -2.27. The fourth-order valence-electron chi connectivity index (χ4n) is 1.99. The third-order valence-electron chi connectivity index (χ3n) is 3.15. The fraction of sp³-hybridized carbons (Fsp3) is 0.833. The summed E-state index contributed by atoms with van der Waals surface area (Å²) in [5.41, 5.74) is 1.25. The van der Waals surface area contributed by atoms with Crippen LogP contribution in [0.2, 0.25) is 0 Å². The van der Waals surface area contributed by atoms with E-state index in [1.807, 2.05) is 0 Å². The molecule has 2 unspecified atom stereocenters. The molecule has 0 aromatic heterocycles. The molecule has 0 spiro atoms. The molecule has 0 aromatic rings. The van der Waals surface area contributed by atoms with Crippen molar-refractivity contribution in [1.29, 1.82) is 0 Å². The molecule has 0 amide bonds. The molecule has 1 aliphatic carbocycles. The maximum Gasteiger partial charge on any atom is 0.0580 e. The third-order valence-corrected chi connectivity index (χ3v) is 3.15. The van der Waals surface area contributed by atoms with E-state index in [4.69, 9.17) is 0 Å². The second kappa shape index (κ2) is 6.20. The highest BCUT2D eigenvalue weighted by molar-refractivity contribution is 4.95. The molecule has 1 aliphatic rings. The quantitative estimate of drug-likeness (QED) is 0.661. The summed E-state index contributed by atoms with van der Waals surface area (Å²) >= 11 is 0. The zero-order valence-electron chi connectivity index (χ0n) is 9.26. The smallest absolute Gasteiger partial charge is 0.0580 e. The Morgan fingerprint density at radius 2 is 2.14 bits per heavy atom. The zero-order chi connectivity index (χ0) is 10.4. The lowest BCUT2D eigenvalue weighted by molar-refractivity contribution is 0.0701. The molecular weight excluding hydrogens is 174 g/mol. The second-order valence-electron chi connectivity index (χ2n) is 4.35. The van der Waals surface area contributed by atoms with Crippen LogP contribution in [-0.2, 0) is 0 Å². The van der Waals surface area contributed by atoms with Crippen molar-refractivity contribution in [1.82, 2.24) is 5.32 Å². The maximum absolute atomic E-state index is 9.73. The van der Waals surface area contributed by atoms with Crippen molar-refractivity contribution < 1.29 is 5.11 Å². The van der Waals surface area contributed by atoms with Gasteiger partial charge in [0.05, 0.1) is 6.10 Å². The van der Waals surface area contributed by atoms with Gasteiger partial charge in [0.25, 0.3) is 0 Å². The second-order valence-corrected chi connectivity index (χ2v) is 4.35. The van der Waals surface area contributed by atoms with E-state index < -0.39 is 0 Å². The van der Waals surface area contributed by atoms with Crippen molar-refractivity contribution in [2.45, 2.75) is 45.1 Å². The van der Waals surface area contributed by atoms with Crippen LogP contribution >= 0.6 is 0 Å². The summed E-state index contributed by atoms with van der Waals surface area (Å²) in [6, 6.07) is 0. The molecule has 0 radical (unpaired) electrons. The van der Waals surface area contributed by atoms with Crippen molar-refractivity contribution in [2.24, 2.45) is 5.92 Å². The first kappa shape index (κ1) is 11.7. The SMILES string of the molecule is C=C(CC)CNCC1CCCCC1O. The predicted molar refractivity (Wildman–Crippen MR) is 60.3 cm³/mol. The number of nitrogens with one attached hydrogen (secondary N) is 1. The van der Waals surface area contributed by atoms with Crippen LogP contribution in [-0.4, -0.2) is 24.3 Å². The summed E-state index contributed by atoms with van der Waals surface area (Å²) in [6.45, 7) is 7.92. The first-order valence-electron chi connectivity index (χ1n) is 5.79. The van der Waals surface area contributed by atoms with Crippen molar-refractivity contribution in [3.8, 4) is 0 Å². The highest BCUT2D eigenvalue weighted by atomic mass is 16.3. The van der Waals surface area contributed by atoms with E-state index in [0.717, 1.165) is 25.9 Å². The van der Waals surface area contributed by atoms with Gasteiger partial charge in [0, 0.05) is 13.1 Å². The number of hydrogen-bond donors (Lipinski definition) is 2. The predicted octanol–water partition coefficient (Wildman–Crippen LogP) is 2.09. The highest BCUT2D eigenvalue weighted by Crippen LogP contribution is 2.23. The minimum Gasteiger partial charge on any atom is -0.393 e. The molecule has 1 fully saturated rings. The van der Waals surface area contributed by atoms with E-state index in [1.165, 1.54) is 24.8 Å². The molecule has 82 valence electrons. The van der Waals surface area contributed by atoms with Crippen LogP contribution in [0.3, 0.4) is 0 Å². The Hall–Kier alpha value is -0.340. The first-order valence-corrected chi connectivity index (χ1v) is 5.79. The molecule has 2 N–H and O–H groups in total. The molecule has 2 nitrogen and oxygen atoms in total. The van der Waals surface area contributed by atoms with Gasteiger partial charge in [0.1, 0.15) is 0 Å². The molecule has 1 rings (SSSR count). The average molecular weight is 197 g/mol. The summed E-state index contributed by atoms with van der Waals surface area (Å²) in [5, 5.41) is 13.1. The van der Waals surface area contributed by atoms with Crippen LogP contribution in [0.1, 0.15) is 39.0 Å². The lowest BCUT2D eigenvalue weighted by atomic mass is 9.86. The van der Waals surface area contributed by atoms with Crippen LogP contribution in [0.4, 0.5) is 0 Å². The Morgan fingerprint density at radius 1 is 1.43 bits per heavy atom. The number of hydrogen-bond acceptors (Lipinski definition) is 2. The summed E-state index contributed by atoms with van der Waals surface area (Å²) in [6.07, 6.45) is 5.59. The van der Waals surface area contributed by atoms with Gasteiger partial charge in [-0.2, -0.15) is 0 Å². The van der Waals surface area contributed by atoms with Gasteiger partial charge in [0.2, 0.25) is 0 Å². The molecule has 2 heteroatoms. The van der Waals surface area contributed by atoms with E-state index in [9.17, 15) is 5.11 Å². The Kier molecular flexibility index (Phi) is 5.20. The van der Waals surface area contributed by atoms with E-state index in [0.29, 0.717) is 5.92 Å². The van der Waals surface area contributed by atoms with Crippen LogP contribution in [0.5, 0.6) is 0 Å². The van der Waals surface area contributed by atoms with Crippen molar-refractivity contribution >= 4 is 0 Å². The van der Waals surface area contributed by atoms with Gasteiger partial charge in [-0.15, -0.1) is 0 Å². The minimum absolute atomic E-state index is 0.0776. The maximum atomic E-state index is 9.73. The van der Waals surface area contributed by atoms with E-state index in [1.54, 1.807) is 0 Å². The monoisotopic (exact) mass is 197 g/mol. The molecule has 0 aliphatic heterocycles. The summed E-state index contributed by atoms with van der Waals surface area (Å²) in [7, 11) is 0. The number of aliphatic hydroxyl groups is 1. The van der Waals surface area contributed by atoms with Gasteiger partial charge in [-0.05, 0) is 25.2 Å². The van der Waals surface area contributed by atoms with Gasteiger partial charge in [-0.3, -0.25) is 0 Å². The number of aliphatic hydroxyl groups excluding tert-OH is 1. The fourth-order valence-corrected chi connectivity index (χ4v) is 1.99. The highest BCUT2D eigenvalue weighted by Gasteiger charge is 2.22.